The molecule has 0 saturated carbocycles. The second-order valence-electron chi connectivity index (χ2n) is 5.17. The minimum Gasteiger partial charge on any atom is -0.337 e. The summed E-state index contributed by atoms with van der Waals surface area (Å²) in [6, 6.07) is 9.50. The monoisotopic (exact) mass is 293 g/mol. The van der Waals surface area contributed by atoms with Gasteiger partial charge in [-0.2, -0.15) is 0 Å². The Balaban J connectivity index is 1.99. The maximum absolute atomic E-state index is 12.7. The van der Waals surface area contributed by atoms with Gasteiger partial charge >= 0.3 is 0 Å². The van der Waals surface area contributed by atoms with Gasteiger partial charge in [0.15, 0.2) is 0 Å². The molecule has 0 spiro atoms. The van der Waals surface area contributed by atoms with Gasteiger partial charge in [-0.3, -0.25) is 9.69 Å². The highest BCUT2D eigenvalue weighted by molar-refractivity contribution is 5.76. The van der Waals surface area contributed by atoms with Crippen LogP contribution in [0, 0.1) is 0 Å². The third kappa shape index (κ3) is 4.71. The molecule has 1 saturated heterocycles. The second kappa shape index (κ2) is 7.99. The molecule has 2 rings (SSSR count). The summed E-state index contributed by atoms with van der Waals surface area (Å²) in [7, 11) is 0. The molecule has 1 amide bonds. The molecule has 114 valence electrons. The Labute approximate surface area is 138 Å². The number of carbonyl (C=O) groups is 1. The SMILES string of the molecule is [2H]C([2H])([2H])C([2H])([2H])C([2H])([2H])C(=O)N1CCN(C/C=C/c2ccccc2)CC1C. The summed E-state index contributed by atoms with van der Waals surface area (Å²) in [6.45, 7) is 0.408. The topological polar surface area (TPSA) is 23.6 Å². The molecule has 0 N–H and O–H groups in total. The summed E-state index contributed by atoms with van der Waals surface area (Å²) in [5, 5.41) is 0. The third-order valence-corrected chi connectivity index (χ3v) is 3.62. The van der Waals surface area contributed by atoms with Crippen molar-refractivity contribution in [1.29, 1.82) is 0 Å². The molecule has 1 atom stereocenters. The third-order valence-electron chi connectivity index (χ3n) is 3.62. The Hall–Kier alpha value is -1.61. The number of piperazine rings is 1. The maximum atomic E-state index is 12.7. The van der Waals surface area contributed by atoms with E-state index in [1.807, 2.05) is 42.5 Å². The fourth-order valence-corrected chi connectivity index (χ4v) is 2.53. The second-order valence-corrected chi connectivity index (χ2v) is 5.17. The van der Waals surface area contributed by atoms with Crippen LogP contribution in [0.4, 0.5) is 0 Å². The van der Waals surface area contributed by atoms with Crippen LogP contribution in [0.2, 0.25) is 0 Å². The molecule has 1 aliphatic heterocycles. The van der Waals surface area contributed by atoms with Crippen molar-refractivity contribution in [2.24, 2.45) is 0 Å². The number of benzene rings is 1. The number of rotatable bonds is 5. The summed E-state index contributed by atoms with van der Waals surface area (Å²) < 4.78 is 52.9. The Morgan fingerprint density at radius 3 is 2.95 bits per heavy atom. The van der Waals surface area contributed by atoms with Gasteiger partial charge in [-0.25, -0.2) is 0 Å². The van der Waals surface area contributed by atoms with Gasteiger partial charge in [0.1, 0.15) is 0 Å². The van der Waals surface area contributed by atoms with Gasteiger partial charge in [-0.1, -0.05) is 49.3 Å². The summed E-state index contributed by atoms with van der Waals surface area (Å²) in [4.78, 5) is 16.0. The van der Waals surface area contributed by atoms with E-state index in [1.54, 1.807) is 6.92 Å². The van der Waals surface area contributed by atoms with Gasteiger partial charge in [0.2, 0.25) is 5.91 Å². The van der Waals surface area contributed by atoms with E-state index in [4.69, 9.17) is 9.60 Å². The first-order valence-corrected chi connectivity index (χ1v) is 7.13. The molecule has 1 aromatic rings. The molecular formula is C18H26N2O. The van der Waals surface area contributed by atoms with Gasteiger partial charge < -0.3 is 4.90 Å². The lowest BCUT2D eigenvalue weighted by molar-refractivity contribution is -0.135. The Bertz CT molecular complexity index is 704. The van der Waals surface area contributed by atoms with Gasteiger partial charge in [-0.15, -0.1) is 0 Å². The number of carbonyl (C=O) groups excluding carboxylic acids is 1. The lowest BCUT2D eigenvalue weighted by Crippen LogP contribution is -2.53. The van der Waals surface area contributed by atoms with Crippen molar-refractivity contribution < 1.29 is 14.4 Å². The molecule has 0 radical (unpaired) electrons. The first-order valence-electron chi connectivity index (χ1n) is 10.6. The number of hydrogen-bond donors (Lipinski definition) is 0. The van der Waals surface area contributed by atoms with E-state index in [0.717, 1.165) is 5.56 Å². The van der Waals surface area contributed by atoms with Crippen molar-refractivity contribution in [3.63, 3.8) is 0 Å². The minimum absolute atomic E-state index is 0.218. The summed E-state index contributed by atoms with van der Waals surface area (Å²) >= 11 is 0. The van der Waals surface area contributed by atoms with Crippen LogP contribution in [0.3, 0.4) is 0 Å². The van der Waals surface area contributed by atoms with Crippen molar-refractivity contribution in [1.82, 2.24) is 9.80 Å². The first-order chi connectivity index (χ1) is 12.9. The predicted molar refractivity (Wildman–Crippen MR) is 88.0 cm³/mol. The van der Waals surface area contributed by atoms with E-state index in [9.17, 15) is 4.79 Å². The van der Waals surface area contributed by atoms with Gasteiger partial charge in [-0.05, 0) is 18.9 Å². The highest BCUT2D eigenvalue weighted by atomic mass is 16.2. The quantitative estimate of drug-likeness (QED) is 0.833. The van der Waals surface area contributed by atoms with E-state index in [2.05, 4.69) is 4.90 Å². The van der Waals surface area contributed by atoms with Crippen molar-refractivity contribution in [2.75, 3.05) is 26.2 Å². The number of nitrogens with zero attached hydrogens (tertiary/aromatic N) is 2. The van der Waals surface area contributed by atoms with E-state index in [1.165, 1.54) is 4.90 Å². The fourth-order valence-electron chi connectivity index (χ4n) is 2.53. The summed E-state index contributed by atoms with van der Waals surface area (Å²) in [6.07, 6.45) is -2.38. The van der Waals surface area contributed by atoms with E-state index in [-0.39, 0.29) is 12.6 Å². The Morgan fingerprint density at radius 2 is 2.24 bits per heavy atom. The van der Waals surface area contributed by atoms with Crippen molar-refractivity contribution in [3.05, 3.63) is 42.0 Å². The normalized spacial score (nSPS) is 27.0. The lowest BCUT2D eigenvalue weighted by Gasteiger charge is -2.39. The van der Waals surface area contributed by atoms with Gasteiger partial charge in [0.25, 0.3) is 0 Å². The van der Waals surface area contributed by atoms with Crippen molar-refractivity contribution >= 4 is 12.0 Å². The average Bonchev–Trinajstić information content (AvgIpc) is 2.61. The summed E-state index contributed by atoms with van der Waals surface area (Å²) in [5.74, 6) is -1.11. The molecule has 1 fully saturated rings. The molecule has 0 bridgehead atoms. The van der Waals surface area contributed by atoms with Crippen LogP contribution in [0.25, 0.3) is 6.08 Å². The van der Waals surface area contributed by atoms with Crippen LogP contribution in [-0.2, 0) is 4.79 Å². The van der Waals surface area contributed by atoms with Crippen molar-refractivity contribution in [3.8, 4) is 0 Å². The molecule has 1 aromatic carbocycles. The Morgan fingerprint density at radius 1 is 1.43 bits per heavy atom. The molecule has 0 aliphatic carbocycles. The summed E-state index contributed by atoms with van der Waals surface area (Å²) in [5.41, 5.74) is 1.09. The zero-order valence-electron chi connectivity index (χ0n) is 19.2. The zero-order chi connectivity index (χ0) is 21.2. The molecule has 21 heavy (non-hydrogen) atoms. The minimum atomic E-state index is -3.27. The lowest BCUT2D eigenvalue weighted by atomic mass is 10.1. The number of hydrogen-bond acceptors (Lipinski definition) is 2. The molecule has 1 unspecified atom stereocenters. The highest BCUT2D eigenvalue weighted by Crippen LogP contribution is 2.12. The van der Waals surface area contributed by atoms with Crippen LogP contribution in [0.1, 0.15) is 41.7 Å². The standard InChI is InChI=1S/C18H26N2O/c1-3-8-18(21)20-14-13-19(15-16(20)2)12-7-11-17-9-5-4-6-10-17/h4-7,9-11,16H,3,8,12-15H2,1-2H3/b11-7+/i1D3,3D2,8D2. The van der Waals surface area contributed by atoms with E-state index >= 15 is 0 Å². The first kappa shape index (κ1) is 8.74. The van der Waals surface area contributed by atoms with Crippen molar-refractivity contribution in [2.45, 2.75) is 32.6 Å². The van der Waals surface area contributed by atoms with Crippen LogP contribution in [-0.4, -0.2) is 47.9 Å². The molecule has 1 aliphatic rings. The zero-order valence-corrected chi connectivity index (χ0v) is 12.2. The molecule has 3 heteroatoms. The van der Waals surface area contributed by atoms with Crippen LogP contribution in [0.15, 0.2) is 36.4 Å². The average molecular weight is 293 g/mol. The smallest absolute Gasteiger partial charge is 0.222 e. The fraction of sp³-hybridized carbons (Fsp3) is 0.500. The molecule has 1 heterocycles. The number of amides is 1. The van der Waals surface area contributed by atoms with E-state index < -0.39 is 25.5 Å². The van der Waals surface area contributed by atoms with E-state index in [0.29, 0.717) is 19.6 Å². The van der Waals surface area contributed by atoms with Crippen LogP contribution >= 0.6 is 0 Å². The van der Waals surface area contributed by atoms with Gasteiger partial charge in [0, 0.05) is 48.2 Å². The Kier molecular flexibility index (Phi) is 3.32. The van der Waals surface area contributed by atoms with Gasteiger partial charge in [0.05, 0.1) is 0 Å². The largest absolute Gasteiger partial charge is 0.337 e. The molecular weight excluding hydrogens is 260 g/mol. The predicted octanol–water partition coefficient (Wildman–Crippen LogP) is 3.03. The highest BCUT2D eigenvalue weighted by Gasteiger charge is 2.25. The van der Waals surface area contributed by atoms with Crippen LogP contribution in [0.5, 0.6) is 0 Å². The molecule has 0 aromatic heterocycles. The maximum Gasteiger partial charge on any atom is 0.222 e. The molecule has 3 nitrogen and oxygen atoms in total. The van der Waals surface area contributed by atoms with Crippen LogP contribution < -0.4 is 0 Å².